The fourth-order valence-electron chi connectivity index (χ4n) is 2.19. The van der Waals surface area contributed by atoms with Crippen molar-refractivity contribution in [3.8, 4) is 0 Å². The van der Waals surface area contributed by atoms with Gasteiger partial charge in [-0.2, -0.15) is 0 Å². The summed E-state index contributed by atoms with van der Waals surface area (Å²) in [6.45, 7) is 6.30. The van der Waals surface area contributed by atoms with E-state index in [-0.39, 0.29) is 11.8 Å². The Morgan fingerprint density at radius 2 is 1.77 bits per heavy atom. The highest BCUT2D eigenvalue weighted by Crippen LogP contribution is 2.08. The minimum Gasteiger partial charge on any atom is -0.480 e. The van der Waals surface area contributed by atoms with Gasteiger partial charge in [0.15, 0.2) is 0 Å². The Hall–Kier alpha value is -1.88. The van der Waals surface area contributed by atoms with Gasteiger partial charge in [-0.25, -0.2) is 4.79 Å². The first-order valence-electron chi connectivity index (χ1n) is 7.58. The van der Waals surface area contributed by atoms with Crippen LogP contribution in [0.1, 0.15) is 32.8 Å². The lowest BCUT2D eigenvalue weighted by Gasteiger charge is -2.26. The van der Waals surface area contributed by atoms with Gasteiger partial charge in [-0.1, -0.05) is 44.2 Å². The first-order valence-corrected chi connectivity index (χ1v) is 7.58. The maximum Gasteiger partial charge on any atom is 0.326 e. The fraction of sp³-hybridized carbons (Fsp3) is 0.529. The summed E-state index contributed by atoms with van der Waals surface area (Å²) in [5.41, 5.74) is 1.11. The third-order valence-corrected chi connectivity index (χ3v) is 3.64. The largest absolute Gasteiger partial charge is 0.480 e. The van der Waals surface area contributed by atoms with Crippen molar-refractivity contribution in [1.29, 1.82) is 0 Å². The van der Waals surface area contributed by atoms with Crippen LogP contribution >= 0.6 is 0 Å². The Morgan fingerprint density at radius 1 is 1.18 bits per heavy atom. The van der Waals surface area contributed by atoms with E-state index in [1.807, 2.05) is 56.1 Å². The van der Waals surface area contributed by atoms with Crippen molar-refractivity contribution in [2.24, 2.45) is 5.92 Å². The smallest absolute Gasteiger partial charge is 0.326 e. The molecule has 1 unspecified atom stereocenters. The van der Waals surface area contributed by atoms with Crippen LogP contribution in [0.3, 0.4) is 0 Å². The topological polar surface area (TPSA) is 69.6 Å². The predicted molar refractivity (Wildman–Crippen MR) is 86.4 cm³/mol. The second-order valence-corrected chi connectivity index (χ2v) is 6.11. The molecule has 0 spiro atoms. The summed E-state index contributed by atoms with van der Waals surface area (Å²) >= 11 is 0. The second kappa shape index (κ2) is 8.54. The number of nitrogens with zero attached hydrogens (tertiary/aromatic N) is 1. The monoisotopic (exact) mass is 306 g/mol. The van der Waals surface area contributed by atoms with Gasteiger partial charge in [0.25, 0.3) is 0 Å². The van der Waals surface area contributed by atoms with Crippen LogP contribution in [-0.2, 0) is 16.1 Å². The molecule has 5 nitrogen and oxygen atoms in total. The van der Waals surface area contributed by atoms with E-state index in [1.54, 1.807) is 6.92 Å². The molecule has 0 bridgehead atoms. The van der Waals surface area contributed by atoms with Crippen molar-refractivity contribution >= 4 is 11.9 Å². The van der Waals surface area contributed by atoms with Crippen molar-refractivity contribution in [2.45, 2.75) is 45.8 Å². The molecule has 0 radical (unpaired) electrons. The lowest BCUT2D eigenvalue weighted by Crippen LogP contribution is -2.49. The van der Waals surface area contributed by atoms with Crippen LogP contribution in [0.5, 0.6) is 0 Å². The van der Waals surface area contributed by atoms with Gasteiger partial charge in [0.1, 0.15) is 6.04 Å². The van der Waals surface area contributed by atoms with Crippen molar-refractivity contribution in [1.82, 2.24) is 10.2 Å². The third-order valence-electron chi connectivity index (χ3n) is 3.64. The lowest BCUT2D eigenvalue weighted by atomic mass is 10.0. The Morgan fingerprint density at radius 3 is 2.27 bits per heavy atom. The van der Waals surface area contributed by atoms with Gasteiger partial charge >= 0.3 is 5.97 Å². The number of carboxylic acids is 1. The van der Waals surface area contributed by atoms with Gasteiger partial charge in [0, 0.05) is 6.54 Å². The summed E-state index contributed by atoms with van der Waals surface area (Å²) in [5.74, 6) is -1.04. The van der Waals surface area contributed by atoms with Crippen LogP contribution in [0.4, 0.5) is 0 Å². The number of carbonyl (C=O) groups excluding carboxylic acids is 1. The van der Waals surface area contributed by atoms with Gasteiger partial charge in [0.05, 0.1) is 6.04 Å². The molecule has 0 saturated carbocycles. The molecule has 0 fully saturated rings. The number of hydrogen-bond donors (Lipinski definition) is 2. The minimum atomic E-state index is -0.986. The Balaban J connectivity index is 2.61. The standard InChI is InChI=1S/C17H26N2O3/c1-12(2)10-15(17(21)22)18-16(20)13(3)19(4)11-14-8-6-5-7-9-14/h5-9,12-13,15H,10-11H2,1-4H3,(H,18,20)(H,21,22)/t13?,15-/m1/s1. The zero-order valence-electron chi connectivity index (χ0n) is 13.7. The van der Waals surface area contributed by atoms with Crippen molar-refractivity contribution in [3.63, 3.8) is 0 Å². The second-order valence-electron chi connectivity index (χ2n) is 6.11. The molecule has 1 aromatic carbocycles. The average Bonchev–Trinajstić information content (AvgIpc) is 2.46. The molecule has 0 aliphatic carbocycles. The maximum absolute atomic E-state index is 12.3. The fourth-order valence-corrected chi connectivity index (χ4v) is 2.19. The number of carbonyl (C=O) groups is 2. The highest BCUT2D eigenvalue weighted by Gasteiger charge is 2.25. The number of benzene rings is 1. The Labute approximate surface area is 132 Å². The molecule has 22 heavy (non-hydrogen) atoms. The molecule has 0 aromatic heterocycles. The molecular weight excluding hydrogens is 280 g/mol. The van der Waals surface area contributed by atoms with Gasteiger partial charge in [-0.05, 0) is 31.9 Å². The van der Waals surface area contributed by atoms with Crippen LogP contribution in [0, 0.1) is 5.92 Å². The summed E-state index contributed by atoms with van der Waals surface area (Å²) < 4.78 is 0. The average molecular weight is 306 g/mol. The molecule has 0 heterocycles. The van der Waals surface area contributed by atoms with Gasteiger partial charge in [-0.15, -0.1) is 0 Å². The Kier molecular flexibility index (Phi) is 7.05. The molecule has 2 N–H and O–H groups in total. The zero-order valence-corrected chi connectivity index (χ0v) is 13.7. The molecule has 1 rings (SSSR count). The highest BCUT2D eigenvalue weighted by atomic mass is 16.4. The van der Waals surface area contributed by atoms with Gasteiger partial charge in [-0.3, -0.25) is 9.69 Å². The molecule has 0 aliphatic rings. The summed E-state index contributed by atoms with van der Waals surface area (Å²) in [6, 6.07) is 8.63. The lowest BCUT2D eigenvalue weighted by molar-refractivity contribution is -0.143. The molecule has 122 valence electrons. The van der Waals surface area contributed by atoms with E-state index in [0.717, 1.165) is 5.56 Å². The van der Waals surface area contributed by atoms with Crippen LogP contribution in [-0.4, -0.2) is 41.0 Å². The molecule has 0 aliphatic heterocycles. The summed E-state index contributed by atoms with van der Waals surface area (Å²) in [4.78, 5) is 25.4. The predicted octanol–water partition coefficient (Wildman–Crippen LogP) is 2.12. The number of carboxylic acid groups (broad SMARTS) is 1. The number of rotatable bonds is 8. The van der Waals surface area contributed by atoms with Gasteiger partial charge in [0.2, 0.25) is 5.91 Å². The zero-order chi connectivity index (χ0) is 16.7. The molecule has 1 amide bonds. The van der Waals surface area contributed by atoms with Crippen LogP contribution in [0.25, 0.3) is 0 Å². The first-order chi connectivity index (χ1) is 10.3. The molecule has 0 saturated heterocycles. The normalized spacial score (nSPS) is 13.9. The molecular formula is C17H26N2O3. The summed E-state index contributed by atoms with van der Waals surface area (Å²) in [7, 11) is 1.86. The number of hydrogen-bond acceptors (Lipinski definition) is 3. The number of likely N-dealkylation sites (N-methyl/N-ethyl adjacent to an activating group) is 1. The summed E-state index contributed by atoms with van der Waals surface area (Å²) in [5, 5.41) is 11.8. The summed E-state index contributed by atoms with van der Waals surface area (Å²) in [6.07, 6.45) is 0.427. The van der Waals surface area contributed by atoms with E-state index in [1.165, 1.54) is 0 Å². The first kappa shape index (κ1) is 18.2. The number of amides is 1. The molecule has 1 aromatic rings. The quantitative estimate of drug-likeness (QED) is 0.772. The van der Waals surface area contributed by atoms with Crippen LogP contribution in [0.15, 0.2) is 30.3 Å². The Bertz CT molecular complexity index is 488. The van der Waals surface area contributed by atoms with E-state index in [9.17, 15) is 14.7 Å². The van der Waals surface area contributed by atoms with E-state index in [4.69, 9.17) is 0 Å². The van der Waals surface area contributed by atoms with E-state index >= 15 is 0 Å². The van der Waals surface area contributed by atoms with Gasteiger partial charge < -0.3 is 10.4 Å². The number of nitrogens with one attached hydrogen (secondary N) is 1. The highest BCUT2D eigenvalue weighted by molar-refractivity contribution is 5.86. The maximum atomic E-state index is 12.3. The molecule has 5 heteroatoms. The number of aliphatic carboxylic acids is 1. The van der Waals surface area contributed by atoms with E-state index in [2.05, 4.69) is 5.32 Å². The van der Waals surface area contributed by atoms with Crippen LogP contribution < -0.4 is 5.32 Å². The van der Waals surface area contributed by atoms with Crippen LogP contribution in [0.2, 0.25) is 0 Å². The van der Waals surface area contributed by atoms with E-state index in [0.29, 0.717) is 13.0 Å². The van der Waals surface area contributed by atoms with E-state index < -0.39 is 18.1 Å². The van der Waals surface area contributed by atoms with Crippen molar-refractivity contribution in [3.05, 3.63) is 35.9 Å². The SMILES string of the molecule is CC(C)C[C@@H](NC(=O)C(C)N(C)Cc1ccccc1)C(=O)O. The minimum absolute atomic E-state index is 0.207. The third kappa shape index (κ3) is 5.85. The van der Waals surface area contributed by atoms with Crippen molar-refractivity contribution in [2.75, 3.05) is 7.05 Å². The molecule has 2 atom stereocenters. The van der Waals surface area contributed by atoms with Crippen molar-refractivity contribution < 1.29 is 14.7 Å².